The maximum atomic E-state index is 12.4. The highest BCUT2D eigenvalue weighted by molar-refractivity contribution is 5.96. The van der Waals surface area contributed by atoms with Crippen LogP contribution < -0.4 is 9.64 Å². The fourth-order valence-corrected chi connectivity index (χ4v) is 2.74. The van der Waals surface area contributed by atoms with E-state index in [1.54, 1.807) is 12.1 Å². The van der Waals surface area contributed by atoms with Gasteiger partial charge < -0.3 is 14.4 Å². The Bertz CT molecular complexity index is 599. The van der Waals surface area contributed by atoms with Crippen LogP contribution in [0.15, 0.2) is 18.2 Å². The monoisotopic (exact) mass is 333 g/mol. The Kier molecular flexibility index (Phi) is 6.23. The van der Waals surface area contributed by atoms with E-state index in [0.29, 0.717) is 24.5 Å². The molecule has 2 atom stereocenters. The van der Waals surface area contributed by atoms with Crippen molar-refractivity contribution >= 4 is 17.4 Å². The van der Waals surface area contributed by atoms with Crippen molar-refractivity contribution in [1.29, 1.82) is 0 Å². The van der Waals surface area contributed by atoms with Gasteiger partial charge in [0.1, 0.15) is 17.9 Å². The standard InChI is InChI=1S/C19H27NO4/c1-5-7-10-23-19(22)13(3)20-12-16(6-2)24-18-9-8-15(14(4)21)11-17(18)20/h8-9,11,13,16H,5-7,10,12H2,1-4H3. The molecule has 5 nitrogen and oxygen atoms in total. The van der Waals surface area contributed by atoms with Gasteiger partial charge >= 0.3 is 5.97 Å². The molecule has 132 valence electrons. The number of anilines is 1. The number of esters is 1. The summed E-state index contributed by atoms with van der Waals surface area (Å²) in [6.07, 6.45) is 2.72. The molecular weight excluding hydrogens is 306 g/mol. The van der Waals surface area contributed by atoms with Crippen LogP contribution >= 0.6 is 0 Å². The Morgan fingerprint density at radius 2 is 2.12 bits per heavy atom. The van der Waals surface area contributed by atoms with Gasteiger partial charge in [0.05, 0.1) is 18.8 Å². The molecule has 1 aliphatic rings. The number of nitrogens with zero attached hydrogens (tertiary/aromatic N) is 1. The van der Waals surface area contributed by atoms with Crippen LogP contribution in [0.5, 0.6) is 5.75 Å². The van der Waals surface area contributed by atoms with E-state index in [2.05, 4.69) is 13.8 Å². The molecule has 0 N–H and O–H groups in total. The maximum Gasteiger partial charge on any atom is 0.328 e. The molecule has 2 unspecified atom stereocenters. The van der Waals surface area contributed by atoms with Crippen molar-refractivity contribution in [2.45, 2.75) is 59.1 Å². The predicted octanol–water partition coefficient (Wildman–Crippen LogP) is 3.60. The van der Waals surface area contributed by atoms with E-state index < -0.39 is 6.04 Å². The van der Waals surface area contributed by atoms with Crippen molar-refractivity contribution in [1.82, 2.24) is 0 Å². The van der Waals surface area contributed by atoms with Crippen molar-refractivity contribution in [2.24, 2.45) is 0 Å². The number of ether oxygens (including phenoxy) is 2. The van der Waals surface area contributed by atoms with Crippen molar-refractivity contribution in [3.8, 4) is 5.75 Å². The lowest BCUT2D eigenvalue weighted by atomic mass is 10.1. The largest absolute Gasteiger partial charge is 0.486 e. The molecule has 1 aliphatic heterocycles. The van der Waals surface area contributed by atoms with Gasteiger partial charge in [-0.3, -0.25) is 4.79 Å². The molecule has 0 aromatic heterocycles. The molecule has 1 aromatic rings. The summed E-state index contributed by atoms with van der Waals surface area (Å²) in [7, 11) is 0. The van der Waals surface area contributed by atoms with E-state index in [0.717, 1.165) is 24.9 Å². The molecule has 5 heteroatoms. The third-order valence-electron chi connectivity index (χ3n) is 4.38. The molecule has 1 heterocycles. The van der Waals surface area contributed by atoms with Crippen molar-refractivity contribution in [3.63, 3.8) is 0 Å². The van der Waals surface area contributed by atoms with Crippen molar-refractivity contribution in [3.05, 3.63) is 23.8 Å². The first-order valence-corrected chi connectivity index (χ1v) is 8.72. The highest BCUT2D eigenvalue weighted by Gasteiger charge is 2.32. The molecule has 0 spiro atoms. The van der Waals surface area contributed by atoms with Crippen LogP contribution in [0, 0.1) is 0 Å². The fraction of sp³-hybridized carbons (Fsp3) is 0.579. The zero-order valence-electron chi connectivity index (χ0n) is 15.0. The van der Waals surface area contributed by atoms with Gasteiger partial charge in [0, 0.05) is 5.56 Å². The molecule has 0 fully saturated rings. The minimum absolute atomic E-state index is 0.00598. The number of carbonyl (C=O) groups is 2. The summed E-state index contributed by atoms with van der Waals surface area (Å²) in [6, 6.07) is 4.97. The van der Waals surface area contributed by atoms with Crippen LogP contribution in [0.1, 0.15) is 57.3 Å². The minimum atomic E-state index is -0.416. The van der Waals surface area contributed by atoms with Crippen molar-refractivity contribution < 1.29 is 19.1 Å². The van der Waals surface area contributed by atoms with Crippen molar-refractivity contribution in [2.75, 3.05) is 18.1 Å². The van der Waals surface area contributed by atoms with Gasteiger partial charge in [0.15, 0.2) is 5.78 Å². The van der Waals surface area contributed by atoms with Gasteiger partial charge in [0.25, 0.3) is 0 Å². The summed E-state index contributed by atoms with van der Waals surface area (Å²) in [5.74, 6) is 0.472. The first-order chi connectivity index (χ1) is 11.5. The summed E-state index contributed by atoms with van der Waals surface area (Å²) >= 11 is 0. The van der Waals surface area contributed by atoms with Gasteiger partial charge in [-0.05, 0) is 44.9 Å². The molecular formula is C19H27NO4. The maximum absolute atomic E-state index is 12.4. The zero-order valence-corrected chi connectivity index (χ0v) is 15.0. The summed E-state index contributed by atoms with van der Waals surface area (Å²) in [5, 5.41) is 0. The Morgan fingerprint density at radius 3 is 2.75 bits per heavy atom. The van der Waals surface area contributed by atoms with Gasteiger partial charge in [-0.1, -0.05) is 20.3 Å². The van der Waals surface area contributed by atoms with Crippen LogP contribution in [0.3, 0.4) is 0 Å². The van der Waals surface area contributed by atoms with Gasteiger partial charge in [-0.25, -0.2) is 4.79 Å². The lowest BCUT2D eigenvalue weighted by molar-refractivity contribution is -0.145. The molecule has 0 aliphatic carbocycles. The van der Waals surface area contributed by atoms with Crippen LogP contribution in [-0.4, -0.2) is 37.0 Å². The van der Waals surface area contributed by atoms with E-state index in [1.807, 2.05) is 17.9 Å². The summed E-state index contributed by atoms with van der Waals surface area (Å²) in [5.41, 5.74) is 1.40. The lowest BCUT2D eigenvalue weighted by Crippen LogP contribution is -2.48. The van der Waals surface area contributed by atoms with E-state index in [9.17, 15) is 9.59 Å². The van der Waals surface area contributed by atoms with E-state index in [1.165, 1.54) is 6.92 Å². The SMILES string of the molecule is CCCCOC(=O)C(C)N1CC(CC)Oc2ccc(C(C)=O)cc21. The minimum Gasteiger partial charge on any atom is -0.486 e. The molecule has 0 bridgehead atoms. The van der Waals surface area contributed by atoms with Gasteiger partial charge in [0.2, 0.25) is 0 Å². The quantitative estimate of drug-likeness (QED) is 0.433. The highest BCUT2D eigenvalue weighted by Crippen LogP contribution is 2.36. The zero-order chi connectivity index (χ0) is 17.7. The average Bonchev–Trinajstić information content (AvgIpc) is 2.59. The molecule has 24 heavy (non-hydrogen) atoms. The number of hydrogen-bond donors (Lipinski definition) is 0. The third-order valence-corrected chi connectivity index (χ3v) is 4.38. The van der Waals surface area contributed by atoms with Gasteiger partial charge in [-0.15, -0.1) is 0 Å². The van der Waals surface area contributed by atoms with Gasteiger partial charge in [-0.2, -0.15) is 0 Å². The third kappa shape index (κ3) is 4.08. The number of hydrogen-bond acceptors (Lipinski definition) is 5. The smallest absolute Gasteiger partial charge is 0.328 e. The van der Waals surface area contributed by atoms with E-state index in [-0.39, 0.29) is 17.9 Å². The number of ketones is 1. The molecule has 0 saturated heterocycles. The number of unbranched alkanes of at least 4 members (excludes halogenated alkanes) is 1. The van der Waals surface area contributed by atoms with Crippen LogP contribution in [0.4, 0.5) is 5.69 Å². The van der Waals surface area contributed by atoms with Crippen LogP contribution in [0.2, 0.25) is 0 Å². The number of benzene rings is 1. The lowest BCUT2D eigenvalue weighted by Gasteiger charge is -2.38. The number of carbonyl (C=O) groups excluding carboxylic acids is 2. The normalized spacial score (nSPS) is 17.7. The Hall–Kier alpha value is -2.04. The van der Waals surface area contributed by atoms with Crippen LogP contribution in [0.25, 0.3) is 0 Å². The molecule has 0 saturated carbocycles. The molecule has 0 radical (unpaired) electrons. The predicted molar refractivity (Wildman–Crippen MR) is 93.8 cm³/mol. The molecule has 2 rings (SSSR count). The summed E-state index contributed by atoms with van der Waals surface area (Å²) < 4.78 is 11.3. The van der Waals surface area contributed by atoms with Crippen LogP contribution in [-0.2, 0) is 9.53 Å². The second kappa shape index (κ2) is 8.18. The number of Topliss-reactive ketones (excluding diaryl/α,β-unsaturated/α-hetero) is 1. The first kappa shape index (κ1) is 18.3. The Balaban J connectivity index is 2.26. The summed E-state index contributed by atoms with van der Waals surface area (Å²) in [6.45, 7) is 8.55. The van der Waals surface area contributed by atoms with E-state index in [4.69, 9.17) is 9.47 Å². The van der Waals surface area contributed by atoms with E-state index >= 15 is 0 Å². The number of rotatable bonds is 7. The second-order valence-corrected chi connectivity index (χ2v) is 6.24. The molecule has 1 aromatic carbocycles. The summed E-state index contributed by atoms with van der Waals surface area (Å²) in [4.78, 5) is 26.0. The fourth-order valence-electron chi connectivity index (χ4n) is 2.74. The highest BCUT2D eigenvalue weighted by atomic mass is 16.5. The second-order valence-electron chi connectivity index (χ2n) is 6.24. The Labute approximate surface area is 143 Å². The first-order valence-electron chi connectivity index (χ1n) is 8.72. The number of fused-ring (bicyclic) bond motifs is 1. The topological polar surface area (TPSA) is 55.8 Å². The Morgan fingerprint density at radius 1 is 1.38 bits per heavy atom. The molecule has 0 amide bonds. The average molecular weight is 333 g/mol.